The summed E-state index contributed by atoms with van der Waals surface area (Å²) in [6.07, 6.45) is 6.13. The minimum absolute atomic E-state index is 0.119. The van der Waals surface area contributed by atoms with E-state index in [1.165, 1.54) is 11.0 Å². The Bertz CT molecular complexity index is 1300. The Morgan fingerprint density at radius 3 is 2.32 bits per heavy atom. The molecule has 6 nitrogen and oxygen atoms in total. The number of aromatic nitrogens is 1. The van der Waals surface area contributed by atoms with Crippen molar-refractivity contribution in [2.75, 3.05) is 32.8 Å². The summed E-state index contributed by atoms with van der Waals surface area (Å²) in [6.45, 7) is 11.7. The van der Waals surface area contributed by atoms with Gasteiger partial charge >= 0.3 is 0 Å². The van der Waals surface area contributed by atoms with Crippen molar-refractivity contribution in [1.82, 2.24) is 19.8 Å². The van der Waals surface area contributed by atoms with Crippen LogP contribution in [-0.4, -0.2) is 58.6 Å². The molecule has 2 aliphatic rings. The monoisotopic (exact) mass is 578 g/mol. The first-order valence-corrected chi connectivity index (χ1v) is 14.7. The molecule has 3 aromatic rings. The minimum Gasteiger partial charge on any atom is -0.348 e. The normalized spacial score (nSPS) is 18.1. The highest BCUT2D eigenvalue weighted by Gasteiger charge is 2.38. The zero-order chi connectivity index (χ0) is 26.7. The van der Waals surface area contributed by atoms with Gasteiger partial charge in [0.25, 0.3) is 5.91 Å². The number of hydrogen-bond donors (Lipinski definition) is 1. The van der Waals surface area contributed by atoms with E-state index in [4.69, 9.17) is 4.84 Å². The van der Waals surface area contributed by atoms with E-state index in [1.807, 2.05) is 13.0 Å². The smallest absolute Gasteiger partial charge is 0.253 e. The molecule has 1 N–H and O–H groups in total. The van der Waals surface area contributed by atoms with Crippen molar-refractivity contribution in [3.8, 4) is 0 Å². The fraction of sp³-hybridized carbons (Fsp3) is 0.452. The Morgan fingerprint density at radius 1 is 0.974 bits per heavy atom. The first kappa shape index (κ1) is 27.0. The molecule has 2 fully saturated rings. The summed E-state index contributed by atoms with van der Waals surface area (Å²) < 4.78 is 3.27. The van der Waals surface area contributed by atoms with Crippen molar-refractivity contribution in [3.63, 3.8) is 0 Å². The summed E-state index contributed by atoms with van der Waals surface area (Å²) >= 11 is 3.54. The Morgan fingerprint density at radius 2 is 1.66 bits per heavy atom. The van der Waals surface area contributed by atoms with E-state index in [1.54, 1.807) is 0 Å². The van der Waals surface area contributed by atoms with E-state index in [0.717, 1.165) is 85.2 Å². The molecule has 0 bridgehead atoms. The van der Waals surface area contributed by atoms with E-state index in [0.29, 0.717) is 6.61 Å². The maximum absolute atomic E-state index is 13.4. The molecule has 0 spiro atoms. The molecule has 2 aliphatic heterocycles. The maximum atomic E-state index is 13.4. The standard InChI is InChI=1S/C31H39BrN4O2/c1-4-34-17-12-23-6-7-26(22-28(23)34)30(37)35-20-15-31(3,16-21-35)36-18-13-25(14-19-36)29(33-38-5-2)24-8-10-27(32)11-9-24/h6-12,17,22,33H,4-5,13-16,18-21H2,1-3H3. The van der Waals surface area contributed by atoms with E-state index >= 15 is 0 Å². The van der Waals surface area contributed by atoms with Gasteiger partial charge in [-0.2, -0.15) is 0 Å². The Hall–Kier alpha value is -2.61. The maximum Gasteiger partial charge on any atom is 0.253 e. The van der Waals surface area contributed by atoms with Crippen LogP contribution in [0.3, 0.4) is 0 Å². The zero-order valence-corrected chi connectivity index (χ0v) is 24.4. The fourth-order valence-electron chi connectivity index (χ4n) is 5.95. The summed E-state index contributed by atoms with van der Waals surface area (Å²) in [7, 11) is 0. The molecule has 1 aromatic heterocycles. The molecule has 1 amide bonds. The van der Waals surface area contributed by atoms with Crippen LogP contribution >= 0.6 is 15.9 Å². The van der Waals surface area contributed by atoms with Gasteiger partial charge in [0.15, 0.2) is 0 Å². The first-order valence-electron chi connectivity index (χ1n) is 13.9. The predicted molar refractivity (Wildman–Crippen MR) is 158 cm³/mol. The number of carbonyl (C=O) groups excluding carboxylic acids is 1. The Kier molecular flexibility index (Phi) is 8.26. The third-order valence-corrected chi connectivity index (χ3v) is 8.95. The summed E-state index contributed by atoms with van der Waals surface area (Å²) in [5.41, 5.74) is 8.97. The van der Waals surface area contributed by atoms with Gasteiger partial charge in [0.1, 0.15) is 0 Å². The number of aryl methyl sites for hydroxylation is 1. The predicted octanol–water partition coefficient (Wildman–Crippen LogP) is 6.47. The number of nitrogens with one attached hydrogen (secondary N) is 1. The lowest BCUT2D eigenvalue weighted by atomic mass is 9.85. The lowest BCUT2D eigenvalue weighted by Crippen LogP contribution is -2.56. The van der Waals surface area contributed by atoms with Crippen LogP contribution in [0, 0.1) is 0 Å². The minimum atomic E-state index is 0.119. The van der Waals surface area contributed by atoms with Gasteiger partial charge in [-0.25, -0.2) is 0 Å². The van der Waals surface area contributed by atoms with Crippen molar-refractivity contribution in [1.29, 1.82) is 0 Å². The molecule has 0 radical (unpaired) electrons. The number of amides is 1. The van der Waals surface area contributed by atoms with E-state index in [-0.39, 0.29) is 11.4 Å². The van der Waals surface area contributed by atoms with Gasteiger partial charge in [0, 0.05) is 60.0 Å². The van der Waals surface area contributed by atoms with Gasteiger partial charge in [-0.1, -0.05) is 34.1 Å². The molecule has 202 valence electrons. The van der Waals surface area contributed by atoms with Gasteiger partial charge < -0.3 is 9.47 Å². The van der Waals surface area contributed by atoms with Crippen LogP contribution in [0.1, 0.15) is 62.4 Å². The highest BCUT2D eigenvalue weighted by atomic mass is 79.9. The molecule has 5 rings (SSSR count). The number of nitrogens with zero attached hydrogens (tertiary/aromatic N) is 3. The summed E-state index contributed by atoms with van der Waals surface area (Å²) in [4.78, 5) is 23.7. The second-order valence-electron chi connectivity index (χ2n) is 10.7. The number of hydrogen-bond acceptors (Lipinski definition) is 4. The number of carbonyl (C=O) groups is 1. The molecule has 0 unspecified atom stereocenters. The van der Waals surface area contributed by atoms with Crippen LogP contribution in [0.5, 0.6) is 0 Å². The van der Waals surface area contributed by atoms with Gasteiger partial charge in [0.05, 0.1) is 12.3 Å². The average Bonchev–Trinajstić information content (AvgIpc) is 3.37. The van der Waals surface area contributed by atoms with Crippen molar-refractivity contribution in [3.05, 3.63) is 75.9 Å². The molecule has 2 saturated heterocycles. The SMILES string of the molecule is CCONC(=C1CCN(C2(C)CCN(C(=O)c3ccc4ccn(CC)c4c3)CC2)CC1)c1ccc(Br)cc1. The largest absolute Gasteiger partial charge is 0.348 e. The van der Waals surface area contributed by atoms with Crippen LogP contribution in [0.4, 0.5) is 0 Å². The highest BCUT2D eigenvalue weighted by Crippen LogP contribution is 2.35. The van der Waals surface area contributed by atoms with Crippen LogP contribution < -0.4 is 5.48 Å². The summed E-state index contributed by atoms with van der Waals surface area (Å²) in [5.74, 6) is 0.155. The summed E-state index contributed by atoms with van der Waals surface area (Å²) in [6, 6.07) is 16.7. The van der Waals surface area contributed by atoms with Gasteiger partial charge in [-0.15, -0.1) is 0 Å². The lowest BCUT2D eigenvalue weighted by Gasteiger charge is -2.48. The lowest BCUT2D eigenvalue weighted by molar-refractivity contribution is 0.0256. The number of piperidine rings is 2. The van der Waals surface area contributed by atoms with Gasteiger partial charge in [-0.3, -0.25) is 20.0 Å². The quantitative estimate of drug-likeness (QED) is 0.326. The zero-order valence-electron chi connectivity index (χ0n) is 22.8. The van der Waals surface area contributed by atoms with Crippen LogP contribution in [0.2, 0.25) is 0 Å². The molecule has 7 heteroatoms. The third kappa shape index (κ3) is 5.56. The fourth-order valence-corrected chi connectivity index (χ4v) is 6.21. The van der Waals surface area contributed by atoms with Crippen molar-refractivity contribution >= 4 is 38.4 Å². The topological polar surface area (TPSA) is 49.7 Å². The van der Waals surface area contributed by atoms with Gasteiger partial charge in [-0.05, 0) is 93.3 Å². The van der Waals surface area contributed by atoms with Crippen LogP contribution in [0.25, 0.3) is 16.6 Å². The molecule has 2 aromatic carbocycles. The van der Waals surface area contributed by atoms with Crippen molar-refractivity contribution < 1.29 is 9.63 Å². The molecule has 38 heavy (non-hydrogen) atoms. The molecule has 3 heterocycles. The average molecular weight is 580 g/mol. The number of halogens is 1. The van der Waals surface area contributed by atoms with Crippen LogP contribution in [0.15, 0.2) is 64.8 Å². The number of hydroxylamine groups is 1. The van der Waals surface area contributed by atoms with Crippen LogP contribution in [-0.2, 0) is 11.4 Å². The molecule has 0 atom stereocenters. The Balaban J connectivity index is 1.22. The first-order chi connectivity index (χ1) is 18.4. The number of benzene rings is 2. The number of likely N-dealkylation sites (tertiary alicyclic amines) is 2. The molecular weight excluding hydrogens is 540 g/mol. The van der Waals surface area contributed by atoms with Crippen molar-refractivity contribution in [2.24, 2.45) is 0 Å². The molecule has 0 saturated carbocycles. The number of rotatable bonds is 7. The third-order valence-electron chi connectivity index (χ3n) is 8.42. The second-order valence-corrected chi connectivity index (χ2v) is 11.6. The Labute approximate surface area is 234 Å². The molecule has 0 aliphatic carbocycles. The molecular formula is C31H39BrN4O2. The van der Waals surface area contributed by atoms with E-state index in [2.05, 4.69) is 98.3 Å². The summed E-state index contributed by atoms with van der Waals surface area (Å²) in [5, 5.41) is 1.19. The highest BCUT2D eigenvalue weighted by molar-refractivity contribution is 9.10. The second kappa shape index (κ2) is 11.6. The van der Waals surface area contributed by atoms with E-state index in [9.17, 15) is 4.79 Å². The number of fused-ring (bicyclic) bond motifs is 1. The van der Waals surface area contributed by atoms with Crippen molar-refractivity contribution in [2.45, 2.75) is 58.5 Å². The van der Waals surface area contributed by atoms with E-state index < -0.39 is 0 Å². The van der Waals surface area contributed by atoms with Gasteiger partial charge in [0.2, 0.25) is 0 Å².